The Hall–Kier alpha value is -1.41. The van der Waals surface area contributed by atoms with E-state index in [1.54, 1.807) is 6.20 Å². The molecule has 4 N–H and O–H groups in total. The zero-order valence-corrected chi connectivity index (χ0v) is 9.72. The highest BCUT2D eigenvalue weighted by Crippen LogP contribution is 2.23. The lowest BCUT2D eigenvalue weighted by molar-refractivity contribution is 0.102. The van der Waals surface area contributed by atoms with Gasteiger partial charge in [0, 0.05) is 0 Å². The molecule has 1 amide bonds. The lowest BCUT2D eigenvalue weighted by Gasteiger charge is -1.98. The smallest absolute Gasteiger partial charge is 0.277 e. The number of aromatic amines is 1. The fourth-order valence-electron chi connectivity index (χ4n) is 0.949. The van der Waals surface area contributed by atoms with Crippen LogP contribution in [0.4, 0.5) is 10.8 Å². The van der Waals surface area contributed by atoms with E-state index in [9.17, 15) is 4.79 Å². The molecule has 0 aliphatic rings. The van der Waals surface area contributed by atoms with Crippen molar-refractivity contribution in [3.63, 3.8) is 0 Å². The number of carbonyl (C=O) groups is 1. The molecule has 78 valence electrons. The summed E-state index contributed by atoms with van der Waals surface area (Å²) < 4.78 is 0.843. The molecule has 6 nitrogen and oxygen atoms in total. The van der Waals surface area contributed by atoms with Crippen LogP contribution in [0.15, 0.2) is 16.2 Å². The molecule has 2 aromatic rings. The lowest BCUT2D eigenvalue weighted by Crippen LogP contribution is -2.13. The standard InChI is InChI=1S/C7H6BrN5OS/c8-4-2-10-7(15-4)12-6(14)5-3(9)1-11-13-5/h1-2H,9H2,(H,11,13)(H,10,12,14). The van der Waals surface area contributed by atoms with Crippen molar-refractivity contribution in [2.75, 3.05) is 11.1 Å². The summed E-state index contributed by atoms with van der Waals surface area (Å²) in [7, 11) is 0. The molecule has 0 spiro atoms. The Labute approximate surface area is 97.0 Å². The maximum atomic E-state index is 11.6. The number of nitrogens with zero attached hydrogens (tertiary/aromatic N) is 2. The summed E-state index contributed by atoms with van der Waals surface area (Å²) in [5.74, 6) is -0.355. The fraction of sp³-hybridized carbons (Fsp3) is 0. The number of nitrogen functional groups attached to an aromatic ring is 1. The second-order valence-electron chi connectivity index (χ2n) is 2.62. The average molecular weight is 288 g/mol. The second kappa shape index (κ2) is 3.99. The molecule has 0 radical (unpaired) electrons. The van der Waals surface area contributed by atoms with Gasteiger partial charge in [0.1, 0.15) is 5.69 Å². The van der Waals surface area contributed by atoms with Crippen LogP contribution >= 0.6 is 27.3 Å². The molecule has 0 atom stereocenters. The van der Waals surface area contributed by atoms with Gasteiger partial charge in [0.2, 0.25) is 0 Å². The predicted molar refractivity (Wildman–Crippen MR) is 60.8 cm³/mol. The summed E-state index contributed by atoms with van der Waals surface area (Å²) in [4.78, 5) is 15.6. The molecule has 0 aliphatic carbocycles. The topological polar surface area (TPSA) is 96.7 Å². The zero-order chi connectivity index (χ0) is 10.8. The number of hydrogen-bond donors (Lipinski definition) is 3. The van der Waals surface area contributed by atoms with Crippen molar-refractivity contribution in [1.82, 2.24) is 15.2 Å². The number of H-pyrrole nitrogens is 1. The Kier molecular flexibility index (Phi) is 2.69. The highest BCUT2D eigenvalue weighted by Gasteiger charge is 2.13. The molecule has 0 saturated carbocycles. The van der Waals surface area contributed by atoms with Crippen LogP contribution in [-0.4, -0.2) is 21.1 Å². The normalized spacial score (nSPS) is 10.2. The van der Waals surface area contributed by atoms with Gasteiger partial charge in [-0.15, -0.1) is 0 Å². The molecule has 0 saturated heterocycles. The van der Waals surface area contributed by atoms with E-state index in [4.69, 9.17) is 5.73 Å². The van der Waals surface area contributed by atoms with Gasteiger partial charge in [-0.05, 0) is 15.9 Å². The van der Waals surface area contributed by atoms with E-state index >= 15 is 0 Å². The maximum absolute atomic E-state index is 11.6. The molecule has 15 heavy (non-hydrogen) atoms. The first-order valence-corrected chi connectivity index (χ1v) is 5.49. The van der Waals surface area contributed by atoms with Gasteiger partial charge in [0.05, 0.1) is 21.9 Å². The van der Waals surface area contributed by atoms with E-state index in [0.29, 0.717) is 10.8 Å². The van der Waals surface area contributed by atoms with E-state index in [1.165, 1.54) is 17.5 Å². The molecule has 8 heteroatoms. The molecule has 0 aromatic carbocycles. The van der Waals surface area contributed by atoms with Gasteiger partial charge in [-0.2, -0.15) is 5.10 Å². The summed E-state index contributed by atoms with van der Waals surface area (Å²) in [6.07, 6.45) is 2.99. The number of carbonyl (C=O) groups excluding carboxylic acids is 1. The van der Waals surface area contributed by atoms with Crippen LogP contribution in [0.3, 0.4) is 0 Å². The number of halogens is 1. The Morgan fingerprint density at radius 3 is 2.93 bits per heavy atom. The predicted octanol–water partition coefficient (Wildman–Crippen LogP) is 1.46. The molecule has 2 aromatic heterocycles. The Balaban J connectivity index is 2.14. The van der Waals surface area contributed by atoms with Crippen molar-refractivity contribution in [2.45, 2.75) is 0 Å². The minimum Gasteiger partial charge on any atom is -0.396 e. The molecule has 0 aliphatic heterocycles. The average Bonchev–Trinajstić information content (AvgIpc) is 2.75. The number of anilines is 2. The van der Waals surface area contributed by atoms with Gasteiger partial charge in [-0.3, -0.25) is 15.2 Å². The number of amides is 1. The van der Waals surface area contributed by atoms with Crippen LogP contribution in [-0.2, 0) is 0 Å². The van der Waals surface area contributed by atoms with Gasteiger partial charge in [0.15, 0.2) is 5.13 Å². The van der Waals surface area contributed by atoms with E-state index in [0.717, 1.165) is 3.79 Å². The first-order valence-electron chi connectivity index (χ1n) is 3.88. The van der Waals surface area contributed by atoms with Crippen LogP contribution in [0.5, 0.6) is 0 Å². The van der Waals surface area contributed by atoms with Crippen molar-refractivity contribution in [3.8, 4) is 0 Å². The van der Waals surface area contributed by atoms with Crippen molar-refractivity contribution >= 4 is 44.0 Å². The summed E-state index contributed by atoms with van der Waals surface area (Å²) >= 11 is 4.56. The molecule has 0 unspecified atom stereocenters. The fourth-order valence-corrected chi connectivity index (χ4v) is 2.05. The molecule has 2 rings (SSSR count). The first-order chi connectivity index (χ1) is 7.16. The van der Waals surface area contributed by atoms with E-state index < -0.39 is 0 Å². The van der Waals surface area contributed by atoms with Crippen molar-refractivity contribution in [1.29, 1.82) is 0 Å². The highest BCUT2D eigenvalue weighted by atomic mass is 79.9. The van der Waals surface area contributed by atoms with Crippen LogP contribution in [0, 0.1) is 0 Å². The summed E-state index contributed by atoms with van der Waals surface area (Å²) in [6.45, 7) is 0. The third kappa shape index (κ3) is 2.16. The summed E-state index contributed by atoms with van der Waals surface area (Å²) in [5, 5.41) is 9.26. The van der Waals surface area contributed by atoms with E-state index in [2.05, 4.69) is 36.4 Å². The van der Waals surface area contributed by atoms with Gasteiger partial charge < -0.3 is 5.73 Å². The molecule has 2 heterocycles. The molecule has 0 fully saturated rings. The van der Waals surface area contributed by atoms with Crippen LogP contribution in [0.1, 0.15) is 10.5 Å². The Morgan fingerprint density at radius 1 is 1.60 bits per heavy atom. The SMILES string of the molecule is Nc1cn[nH]c1C(=O)Nc1ncc(Br)s1. The Bertz CT molecular complexity index is 493. The Morgan fingerprint density at radius 2 is 2.40 bits per heavy atom. The van der Waals surface area contributed by atoms with Crippen LogP contribution in [0.25, 0.3) is 0 Å². The van der Waals surface area contributed by atoms with E-state index in [-0.39, 0.29) is 11.6 Å². The number of aromatic nitrogens is 3. The highest BCUT2D eigenvalue weighted by molar-refractivity contribution is 9.11. The third-order valence-corrected chi connectivity index (χ3v) is 2.99. The second-order valence-corrected chi connectivity index (χ2v) is 5.03. The van der Waals surface area contributed by atoms with Gasteiger partial charge in [0.25, 0.3) is 5.91 Å². The van der Waals surface area contributed by atoms with Gasteiger partial charge >= 0.3 is 0 Å². The van der Waals surface area contributed by atoms with E-state index in [1.807, 2.05) is 0 Å². The summed E-state index contributed by atoms with van der Waals surface area (Å²) in [5.41, 5.74) is 6.07. The van der Waals surface area contributed by atoms with Crippen LogP contribution < -0.4 is 11.1 Å². The van der Waals surface area contributed by atoms with Crippen molar-refractivity contribution in [3.05, 3.63) is 21.9 Å². The number of rotatable bonds is 2. The quantitative estimate of drug-likeness (QED) is 0.779. The first kappa shape index (κ1) is 10.1. The molecular weight excluding hydrogens is 282 g/mol. The summed E-state index contributed by atoms with van der Waals surface area (Å²) in [6, 6.07) is 0. The van der Waals surface area contributed by atoms with Crippen LogP contribution in [0.2, 0.25) is 0 Å². The number of thiazole rings is 1. The molecule has 0 bridgehead atoms. The lowest BCUT2D eigenvalue weighted by atomic mass is 10.3. The third-order valence-electron chi connectivity index (χ3n) is 1.59. The minimum atomic E-state index is -0.355. The number of hydrogen-bond acceptors (Lipinski definition) is 5. The van der Waals surface area contributed by atoms with Gasteiger partial charge in [-0.1, -0.05) is 11.3 Å². The number of nitrogens with two attached hydrogens (primary N) is 1. The minimum absolute atomic E-state index is 0.237. The largest absolute Gasteiger partial charge is 0.396 e. The molecular formula is C7H6BrN5OS. The van der Waals surface area contributed by atoms with Gasteiger partial charge in [-0.25, -0.2) is 4.98 Å². The number of nitrogens with one attached hydrogen (secondary N) is 2. The monoisotopic (exact) mass is 287 g/mol. The van der Waals surface area contributed by atoms with Crippen molar-refractivity contribution < 1.29 is 4.79 Å². The zero-order valence-electron chi connectivity index (χ0n) is 7.32. The maximum Gasteiger partial charge on any atom is 0.277 e. The van der Waals surface area contributed by atoms with Crippen molar-refractivity contribution in [2.24, 2.45) is 0 Å².